The topological polar surface area (TPSA) is 69.7 Å². The maximum Gasteiger partial charge on any atom is 0.243 e. The minimum atomic E-state index is -3.63. The summed E-state index contributed by atoms with van der Waals surface area (Å²) in [4.78, 5) is 14.5. The predicted octanol–water partition coefficient (Wildman–Crippen LogP) is 2.07. The quantitative estimate of drug-likeness (QED) is 0.805. The Labute approximate surface area is 167 Å². The molecule has 0 bridgehead atoms. The van der Waals surface area contributed by atoms with Crippen molar-refractivity contribution in [1.82, 2.24) is 14.5 Å². The number of carbonyl (C=O) groups is 1. The molecule has 2 aliphatic rings. The Balaban J connectivity index is 1.50. The molecule has 0 aromatic heterocycles. The zero-order valence-electron chi connectivity index (χ0n) is 16.6. The van der Waals surface area contributed by atoms with Crippen LogP contribution in [0, 0.1) is 17.7 Å². The number of nitrogens with zero attached hydrogens (tertiary/aromatic N) is 2. The molecule has 1 aromatic carbocycles. The van der Waals surface area contributed by atoms with E-state index in [4.69, 9.17) is 0 Å². The Morgan fingerprint density at radius 1 is 1.11 bits per heavy atom. The van der Waals surface area contributed by atoms with Crippen molar-refractivity contribution in [2.75, 3.05) is 32.7 Å². The SMILES string of the molecule is C[C@H]1[C@H](C)CCC[C@H]1NC(=O)CN1CCN(S(=O)(=O)c2ccc(F)cc2)CC1. The molecule has 1 heterocycles. The van der Waals surface area contributed by atoms with E-state index in [1.165, 1.54) is 22.9 Å². The highest BCUT2D eigenvalue weighted by Gasteiger charge is 2.31. The predicted molar refractivity (Wildman–Crippen MR) is 106 cm³/mol. The van der Waals surface area contributed by atoms with Crippen LogP contribution >= 0.6 is 0 Å². The molecule has 6 nitrogen and oxygen atoms in total. The van der Waals surface area contributed by atoms with Gasteiger partial charge in [0.05, 0.1) is 11.4 Å². The number of nitrogens with one attached hydrogen (secondary N) is 1. The van der Waals surface area contributed by atoms with Crippen molar-refractivity contribution in [3.05, 3.63) is 30.1 Å². The summed E-state index contributed by atoms with van der Waals surface area (Å²) in [7, 11) is -3.63. The van der Waals surface area contributed by atoms with Crippen LogP contribution in [0.4, 0.5) is 4.39 Å². The summed E-state index contributed by atoms with van der Waals surface area (Å²) in [6.07, 6.45) is 3.40. The number of amides is 1. The highest BCUT2D eigenvalue weighted by molar-refractivity contribution is 7.89. The van der Waals surface area contributed by atoms with Gasteiger partial charge in [-0.1, -0.05) is 26.7 Å². The summed E-state index contributed by atoms with van der Waals surface area (Å²) >= 11 is 0. The number of rotatable bonds is 5. The van der Waals surface area contributed by atoms with Crippen LogP contribution in [-0.4, -0.2) is 62.3 Å². The molecule has 1 aliphatic carbocycles. The van der Waals surface area contributed by atoms with E-state index in [-0.39, 0.29) is 16.8 Å². The van der Waals surface area contributed by atoms with Gasteiger partial charge in [0.2, 0.25) is 15.9 Å². The number of sulfonamides is 1. The fraction of sp³-hybridized carbons (Fsp3) is 0.650. The van der Waals surface area contributed by atoms with Crippen molar-refractivity contribution >= 4 is 15.9 Å². The first-order chi connectivity index (χ1) is 13.3. The van der Waals surface area contributed by atoms with Gasteiger partial charge in [-0.3, -0.25) is 9.69 Å². The van der Waals surface area contributed by atoms with Gasteiger partial charge in [-0.2, -0.15) is 4.31 Å². The van der Waals surface area contributed by atoms with E-state index in [1.807, 2.05) is 4.90 Å². The van der Waals surface area contributed by atoms with E-state index in [2.05, 4.69) is 19.2 Å². The standard InChI is InChI=1S/C20H30FN3O3S/c1-15-4-3-5-19(16(15)2)22-20(25)14-23-10-12-24(13-11-23)28(26,27)18-8-6-17(21)7-9-18/h6-9,15-16,19H,3-5,10-14H2,1-2H3,(H,22,25)/t15-,16+,19-/m1/s1. The van der Waals surface area contributed by atoms with E-state index in [0.29, 0.717) is 44.6 Å². The highest BCUT2D eigenvalue weighted by Crippen LogP contribution is 2.29. The fourth-order valence-electron chi connectivity index (χ4n) is 4.12. The van der Waals surface area contributed by atoms with Crippen LogP contribution in [0.5, 0.6) is 0 Å². The molecule has 28 heavy (non-hydrogen) atoms. The molecule has 1 saturated heterocycles. The molecule has 3 rings (SSSR count). The van der Waals surface area contributed by atoms with Crippen LogP contribution in [0.1, 0.15) is 33.1 Å². The summed E-state index contributed by atoms with van der Waals surface area (Å²) in [5.41, 5.74) is 0. The fourth-order valence-corrected chi connectivity index (χ4v) is 5.55. The van der Waals surface area contributed by atoms with Gasteiger partial charge in [0.1, 0.15) is 5.82 Å². The van der Waals surface area contributed by atoms with Crippen molar-refractivity contribution in [2.24, 2.45) is 11.8 Å². The van der Waals surface area contributed by atoms with Crippen molar-refractivity contribution in [3.63, 3.8) is 0 Å². The Hall–Kier alpha value is -1.51. The highest BCUT2D eigenvalue weighted by atomic mass is 32.2. The minimum absolute atomic E-state index is 0.0146. The molecule has 3 atom stereocenters. The molecular weight excluding hydrogens is 381 g/mol. The zero-order valence-corrected chi connectivity index (χ0v) is 17.4. The van der Waals surface area contributed by atoms with Crippen molar-refractivity contribution in [1.29, 1.82) is 0 Å². The Bertz CT molecular complexity index is 776. The second kappa shape index (κ2) is 8.88. The van der Waals surface area contributed by atoms with Gasteiger partial charge in [-0.05, 0) is 42.5 Å². The number of carbonyl (C=O) groups excluding carboxylic acids is 1. The van der Waals surface area contributed by atoms with Gasteiger partial charge in [-0.25, -0.2) is 12.8 Å². The monoisotopic (exact) mass is 411 g/mol. The molecule has 1 amide bonds. The molecular formula is C20H30FN3O3S. The lowest BCUT2D eigenvalue weighted by Crippen LogP contribution is -2.52. The van der Waals surface area contributed by atoms with E-state index >= 15 is 0 Å². The second-order valence-corrected chi connectivity index (χ2v) is 10.0. The Kier molecular flexibility index (Phi) is 6.73. The number of benzene rings is 1. The first kappa shape index (κ1) is 21.2. The summed E-state index contributed by atoms with van der Waals surface area (Å²) in [6.45, 7) is 6.39. The molecule has 0 radical (unpaired) electrons. The number of halogens is 1. The third-order valence-electron chi connectivity index (χ3n) is 6.20. The van der Waals surface area contributed by atoms with Crippen molar-refractivity contribution in [2.45, 2.75) is 44.0 Å². The van der Waals surface area contributed by atoms with Gasteiger partial charge < -0.3 is 5.32 Å². The van der Waals surface area contributed by atoms with Crippen LogP contribution in [0.2, 0.25) is 0 Å². The van der Waals surface area contributed by atoms with E-state index in [9.17, 15) is 17.6 Å². The summed E-state index contributed by atoms with van der Waals surface area (Å²) < 4.78 is 39.8. The van der Waals surface area contributed by atoms with Gasteiger partial charge in [0.15, 0.2) is 0 Å². The molecule has 2 fully saturated rings. The molecule has 8 heteroatoms. The first-order valence-corrected chi connectivity index (χ1v) is 11.5. The van der Waals surface area contributed by atoms with Crippen molar-refractivity contribution in [3.8, 4) is 0 Å². The zero-order chi connectivity index (χ0) is 20.3. The Morgan fingerprint density at radius 2 is 1.75 bits per heavy atom. The number of hydrogen-bond donors (Lipinski definition) is 1. The molecule has 1 saturated carbocycles. The van der Waals surface area contributed by atoms with E-state index in [1.54, 1.807) is 0 Å². The van der Waals surface area contributed by atoms with Crippen LogP contribution in [0.25, 0.3) is 0 Å². The summed E-state index contributed by atoms with van der Waals surface area (Å²) in [5, 5.41) is 3.17. The van der Waals surface area contributed by atoms with Gasteiger partial charge >= 0.3 is 0 Å². The van der Waals surface area contributed by atoms with Gasteiger partial charge in [-0.15, -0.1) is 0 Å². The number of hydrogen-bond acceptors (Lipinski definition) is 4. The molecule has 0 spiro atoms. The van der Waals surface area contributed by atoms with Crippen LogP contribution in [0.15, 0.2) is 29.2 Å². The third kappa shape index (κ3) is 4.90. The second-order valence-electron chi connectivity index (χ2n) is 8.08. The van der Waals surface area contributed by atoms with Crippen molar-refractivity contribution < 1.29 is 17.6 Å². The number of piperazine rings is 1. The van der Waals surface area contributed by atoms with Gasteiger partial charge in [0, 0.05) is 32.2 Å². The molecule has 1 aromatic rings. The maximum atomic E-state index is 13.1. The molecule has 1 N–H and O–H groups in total. The summed E-state index contributed by atoms with van der Waals surface area (Å²) in [6, 6.07) is 5.12. The maximum absolute atomic E-state index is 13.1. The van der Waals surface area contributed by atoms with E-state index in [0.717, 1.165) is 25.0 Å². The Morgan fingerprint density at radius 3 is 2.39 bits per heavy atom. The van der Waals surface area contributed by atoms with E-state index < -0.39 is 15.8 Å². The third-order valence-corrected chi connectivity index (χ3v) is 8.12. The lowest BCUT2D eigenvalue weighted by molar-refractivity contribution is -0.124. The minimum Gasteiger partial charge on any atom is -0.352 e. The molecule has 0 unspecified atom stereocenters. The normalized spacial score (nSPS) is 27.5. The average Bonchev–Trinajstić information content (AvgIpc) is 2.66. The molecule has 156 valence electrons. The largest absolute Gasteiger partial charge is 0.352 e. The smallest absolute Gasteiger partial charge is 0.243 e. The van der Waals surface area contributed by atoms with Gasteiger partial charge in [0.25, 0.3) is 0 Å². The lowest BCUT2D eigenvalue weighted by atomic mass is 9.78. The lowest BCUT2D eigenvalue weighted by Gasteiger charge is -2.36. The van der Waals surface area contributed by atoms with Crippen LogP contribution in [0.3, 0.4) is 0 Å². The van der Waals surface area contributed by atoms with Crippen LogP contribution in [-0.2, 0) is 14.8 Å². The average molecular weight is 412 g/mol. The first-order valence-electron chi connectivity index (χ1n) is 10.0. The summed E-state index contributed by atoms with van der Waals surface area (Å²) in [5.74, 6) is 0.659. The van der Waals surface area contributed by atoms with Crippen LogP contribution < -0.4 is 5.32 Å². The molecule has 1 aliphatic heterocycles.